The van der Waals surface area contributed by atoms with Crippen LogP contribution in [0.1, 0.15) is 0 Å². The fourth-order valence-electron chi connectivity index (χ4n) is 7.41. The van der Waals surface area contributed by atoms with Crippen molar-refractivity contribution in [1.29, 1.82) is 0 Å². The Morgan fingerprint density at radius 2 is 1.04 bits per heavy atom. The minimum Gasteiger partial charge on any atom is -0.453 e. The molecule has 3 heteroatoms. The maximum Gasteiger partial charge on any atom is 0.161 e. The second-order valence-corrected chi connectivity index (χ2v) is 11.7. The lowest BCUT2D eigenvalue weighted by Gasteiger charge is -2.26. The van der Waals surface area contributed by atoms with Crippen LogP contribution in [-0.2, 0) is 0 Å². The molecule has 0 amide bonds. The molecular weight excluding hydrogens is 548 g/mol. The molecule has 0 saturated heterocycles. The first-order valence-electron chi connectivity index (χ1n) is 15.4. The molecule has 0 aliphatic carbocycles. The smallest absolute Gasteiger partial charge is 0.161 e. The highest BCUT2D eigenvalue weighted by atomic mass is 16.3. The predicted octanol–water partition coefficient (Wildman–Crippen LogP) is 11.9. The summed E-state index contributed by atoms with van der Waals surface area (Å²) >= 11 is 0. The lowest BCUT2D eigenvalue weighted by Crippen LogP contribution is -2.09. The molecule has 0 N–H and O–H groups in total. The molecule has 0 saturated carbocycles. The van der Waals surface area contributed by atoms with Crippen molar-refractivity contribution in [1.82, 2.24) is 4.40 Å². The van der Waals surface area contributed by atoms with Crippen LogP contribution in [-0.4, -0.2) is 4.40 Å². The van der Waals surface area contributed by atoms with Gasteiger partial charge in [0, 0.05) is 38.8 Å². The third kappa shape index (κ3) is 3.41. The Balaban J connectivity index is 1.33. The molecule has 0 atom stereocenters. The van der Waals surface area contributed by atoms with Gasteiger partial charge >= 0.3 is 0 Å². The molecule has 0 spiro atoms. The van der Waals surface area contributed by atoms with Gasteiger partial charge in [0.15, 0.2) is 5.58 Å². The van der Waals surface area contributed by atoms with Gasteiger partial charge in [0.25, 0.3) is 0 Å². The molecule has 3 aromatic heterocycles. The van der Waals surface area contributed by atoms with Gasteiger partial charge in [0.05, 0.1) is 16.4 Å². The first-order chi connectivity index (χ1) is 22.3. The second-order valence-electron chi connectivity index (χ2n) is 11.7. The molecule has 45 heavy (non-hydrogen) atoms. The second kappa shape index (κ2) is 9.22. The molecule has 3 nitrogen and oxygen atoms in total. The van der Waals surface area contributed by atoms with Gasteiger partial charge in [-0.2, -0.15) is 0 Å². The number of fused-ring (bicyclic) bond motifs is 6. The molecule has 0 aliphatic rings. The minimum atomic E-state index is 0.926. The van der Waals surface area contributed by atoms with Crippen LogP contribution in [0.15, 0.2) is 162 Å². The third-order valence-corrected chi connectivity index (χ3v) is 9.27. The molecule has 7 aromatic carbocycles. The van der Waals surface area contributed by atoms with E-state index in [1.54, 1.807) is 0 Å². The highest BCUT2D eigenvalue weighted by Crippen LogP contribution is 2.48. The standard InChI is InChI=1S/C42H26N2O/c1-3-15-29(16-4-1)43(30-17-5-2-6-18-30)31-19-11-13-27(25-31)35-26-28-14-12-22-33-32-20-7-9-23-36(32)44-37-24-10-8-21-34(37)42-40(44)39(38(28)33)41(35)45-42/h1-26H. The summed E-state index contributed by atoms with van der Waals surface area (Å²) in [5, 5.41) is 7.23. The van der Waals surface area contributed by atoms with Gasteiger partial charge in [-0.05, 0) is 77.0 Å². The van der Waals surface area contributed by atoms with Gasteiger partial charge < -0.3 is 13.7 Å². The molecule has 10 rings (SSSR count). The summed E-state index contributed by atoms with van der Waals surface area (Å²) in [5.74, 6) is 0. The van der Waals surface area contributed by atoms with Crippen LogP contribution in [0.2, 0.25) is 0 Å². The first-order valence-corrected chi connectivity index (χ1v) is 15.4. The molecule has 0 bridgehead atoms. The predicted molar refractivity (Wildman–Crippen MR) is 188 cm³/mol. The quantitative estimate of drug-likeness (QED) is 0.208. The van der Waals surface area contributed by atoms with E-state index < -0.39 is 0 Å². The fourth-order valence-corrected chi connectivity index (χ4v) is 7.41. The van der Waals surface area contributed by atoms with E-state index in [9.17, 15) is 0 Å². The molecule has 0 aliphatic heterocycles. The molecule has 3 heterocycles. The summed E-state index contributed by atoms with van der Waals surface area (Å²) in [6.45, 7) is 0. The number of hydrogen-bond donors (Lipinski definition) is 0. The number of aromatic nitrogens is 1. The average molecular weight is 575 g/mol. The maximum absolute atomic E-state index is 7.02. The van der Waals surface area contributed by atoms with Gasteiger partial charge in [0.1, 0.15) is 11.1 Å². The molecule has 0 fully saturated rings. The minimum absolute atomic E-state index is 0.926. The molecule has 0 unspecified atom stereocenters. The van der Waals surface area contributed by atoms with Gasteiger partial charge in [-0.1, -0.05) is 97.1 Å². The zero-order valence-electron chi connectivity index (χ0n) is 24.3. The number of furan rings is 1. The van der Waals surface area contributed by atoms with Gasteiger partial charge in [-0.15, -0.1) is 0 Å². The van der Waals surface area contributed by atoms with Crippen LogP contribution < -0.4 is 4.90 Å². The summed E-state index contributed by atoms with van der Waals surface area (Å²) in [6.07, 6.45) is 0. The van der Waals surface area contributed by atoms with Crippen molar-refractivity contribution in [3.63, 3.8) is 0 Å². The highest BCUT2D eigenvalue weighted by Gasteiger charge is 2.25. The Morgan fingerprint density at radius 3 is 1.80 bits per heavy atom. The highest BCUT2D eigenvalue weighted by molar-refractivity contribution is 6.33. The number of hydrogen-bond acceptors (Lipinski definition) is 2. The van der Waals surface area contributed by atoms with Crippen molar-refractivity contribution in [2.75, 3.05) is 4.90 Å². The Hall–Kier alpha value is -6.06. The van der Waals surface area contributed by atoms with Crippen LogP contribution in [0.3, 0.4) is 0 Å². The Labute approximate surface area is 259 Å². The summed E-state index contributed by atoms with van der Waals surface area (Å²) in [6, 6.07) is 56.3. The monoisotopic (exact) mass is 574 g/mol. The number of anilines is 3. The molecule has 10 aromatic rings. The lowest BCUT2D eigenvalue weighted by molar-refractivity contribution is 0.674. The fraction of sp³-hybridized carbons (Fsp3) is 0. The third-order valence-electron chi connectivity index (χ3n) is 9.27. The normalized spacial score (nSPS) is 12.0. The Morgan fingerprint density at radius 1 is 0.444 bits per heavy atom. The van der Waals surface area contributed by atoms with Gasteiger partial charge in [-0.3, -0.25) is 0 Å². The van der Waals surface area contributed by atoms with Crippen LogP contribution in [0.5, 0.6) is 0 Å². The van der Waals surface area contributed by atoms with Crippen molar-refractivity contribution < 1.29 is 4.42 Å². The summed E-state index contributed by atoms with van der Waals surface area (Å²) in [5.41, 5.74) is 10.9. The zero-order valence-corrected chi connectivity index (χ0v) is 24.3. The number of benzene rings is 7. The summed E-state index contributed by atoms with van der Waals surface area (Å²) in [4.78, 5) is 2.31. The van der Waals surface area contributed by atoms with Crippen molar-refractivity contribution in [2.24, 2.45) is 0 Å². The van der Waals surface area contributed by atoms with Crippen LogP contribution in [0.4, 0.5) is 17.1 Å². The SMILES string of the molecule is c1ccc(N(c2ccccc2)c2cccc(-c3cc4cccc5c6ccccc6n6c7ccccc7c7oc3c(c45)c76)c2)cc1. The number of para-hydroxylation sites is 4. The van der Waals surface area contributed by atoms with Crippen molar-refractivity contribution >= 4 is 77.1 Å². The van der Waals surface area contributed by atoms with Crippen LogP contribution in [0.25, 0.3) is 71.2 Å². The van der Waals surface area contributed by atoms with E-state index in [1.165, 1.54) is 32.4 Å². The van der Waals surface area contributed by atoms with Crippen LogP contribution >= 0.6 is 0 Å². The van der Waals surface area contributed by atoms with Crippen molar-refractivity contribution in [3.05, 3.63) is 158 Å². The number of rotatable bonds is 4. The van der Waals surface area contributed by atoms with Gasteiger partial charge in [-0.25, -0.2) is 0 Å². The Kier molecular flexibility index (Phi) is 5.00. The lowest BCUT2D eigenvalue weighted by atomic mass is 9.94. The van der Waals surface area contributed by atoms with E-state index in [1.807, 2.05) is 0 Å². The van der Waals surface area contributed by atoms with E-state index in [2.05, 4.69) is 167 Å². The van der Waals surface area contributed by atoms with Gasteiger partial charge in [0.2, 0.25) is 0 Å². The Bertz CT molecular complexity index is 2660. The van der Waals surface area contributed by atoms with Crippen molar-refractivity contribution in [2.45, 2.75) is 0 Å². The van der Waals surface area contributed by atoms with E-state index in [0.717, 1.165) is 55.8 Å². The van der Waals surface area contributed by atoms with Crippen LogP contribution in [0, 0.1) is 0 Å². The van der Waals surface area contributed by atoms with E-state index in [-0.39, 0.29) is 0 Å². The number of nitrogens with zero attached hydrogens (tertiary/aromatic N) is 2. The first kappa shape index (κ1) is 24.4. The summed E-state index contributed by atoms with van der Waals surface area (Å²) < 4.78 is 9.43. The van der Waals surface area contributed by atoms with Crippen molar-refractivity contribution in [3.8, 4) is 11.1 Å². The topological polar surface area (TPSA) is 20.8 Å². The average Bonchev–Trinajstić information content (AvgIpc) is 3.60. The van der Waals surface area contributed by atoms with E-state index >= 15 is 0 Å². The summed E-state index contributed by atoms with van der Waals surface area (Å²) in [7, 11) is 0. The van der Waals surface area contributed by atoms with E-state index in [4.69, 9.17) is 4.42 Å². The zero-order chi connectivity index (χ0) is 29.5. The van der Waals surface area contributed by atoms with E-state index in [0.29, 0.717) is 0 Å². The molecule has 210 valence electrons. The molecular formula is C42H26N2O. The largest absolute Gasteiger partial charge is 0.453 e. The molecule has 0 radical (unpaired) electrons. The maximum atomic E-state index is 7.02.